The summed E-state index contributed by atoms with van der Waals surface area (Å²) in [6, 6.07) is 15.3. The highest BCUT2D eigenvalue weighted by molar-refractivity contribution is 7.22. The maximum absolute atomic E-state index is 11.9. The zero-order valence-electron chi connectivity index (χ0n) is 16.0. The molecule has 3 aromatic rings. The van der Waals surface area contributed by atoms with E-state index < -0.39 is 0 Å². The van der Waals surface area contributed by atoms with Gasteiger partial charge in [-0.2, -0.15) is 0 Å². The van der Waals surface area contributed by atoms with Crippen LogP contribution in [0.1, 0.15) is 0 Å². The molecule has 2 aromatic carbocycles. The fourth-order valence-electron chi connectivity index (χ4n) is 3.27. The van der Waals surface area contributed by atoms with E-state index in [-0.39, 0.29) is 12.5 Å². The standard InChI is InChI=1S/C21H23ClN4O2S/c22-17-7-4-8-18-20(17)24-21(29-18)26-13-11-25(12-14-26)10-9-23-19(27)15-28-16-5-2-1-3-6-16/h1-8H,9-15H2,(H,23,27). The van der Waals surface area contributed by atoms with Crippen LogP contribution in [-0.4, -0.2) is 61.7 Å². The zero-order valence-corrected chi connectivity index (χ0v) is 17.6. The lowest BCUT2D eigenvalue weighted by Gasteiger charge is -2.34. The lowest BCUT2D eigenvalue weighted by atomic mass is 10.3. The summed E-state index contributed by atoms with van der Waals surface area (Å²) in [4.78, 5) is 21.3. The molecule has 0 aliphatic carbocycles. The highest BCUT2D eigenvalue weighted by Crippen LogP contribution is 2.33. The number of amides is 1. The van der Waals surface area contributed by atoms with Gasteiger partial charge in [-0.1, -0.05) is 47.2 Å². The number of para-hydroxylation sites is 2. The number of fused-ring (bicyclic) bond motifs is 1. The molecule has 8 heteroatoms. The summed E-state index contributed by atoms with van der Waals surface area (Å²) in [5.41, 5.74) is 0.886. The van der Waals surface area contributed by atoms with Gasteiger partial charge in [0, 0.05) is 39.3 Å². The highest BCUT2D eigenvalue weighted by atomic mass is 35.5. The number of carbonyl (C=O) groups is 1. The van der Waals surface area contributed by atoms with Gasteiger partial charge in [0.05, 0.1) is 9.72 Å². The second kappa shape index (κ2) is 9.43. The number of benzene rings is 2. The monoisotopic (exact) mass is 430 g/mol. The number of ether oxygens (including phenoxy) is 1. The quantitative estimate of drug-likeness (QED) is 0.623. The Bertz CT molecular complexity index is 958. The van der Waals surface area contributed by atoms with Crippen molar-refractivity contribution < 1.29 is 9.53 Å². The molecule has 1 aliphatic rings. The Morgan fingerprint density at radius 1 is 1.10 bits per heavy atom. The Morgan fingerprint density at radius 3 is 2.66 bits per heavy atom. The second-order valence-electron chi connectivity index (χ2n) is 6.86. The Hall–Kier alpha value is -2.35. The van der Waals surface area contributed by atoms with Gasteiger partial charge in [0.1, 0.15) is 11.3 Å². The number of anilines is 1. The molecule has 29 heavy (non-hydrogen) atoms. The fraction of sp³-hybridized carbons (Fsp3) is 0.333. The molecule has 1 fully saturated rings. The summed E-state index contributed by atoms with van der Waals surface area (Å²) in [7, 11) is 0. The topological polar surface area (TPSA) is 57.7 Å². The fourth-order valence-corrected chi connectivity index (χ4v) is 4.59. The summed E-state index contributed by atoms with van der Waals surface area (Å²) in [5.74, 6) is 0.605. The van der Waals surface area contributed by atoms with E-state index in [0.29, 0.717) is 17.3 Å². The number of thiazole rings is 1. The summed E-state index contributed by atoms with van der Waals surface area (Å²) in [6.45, 7) is 5.22. The number of hydrogen-bond donors (Lipinski definition) is 1. The molecule has 0 radical (unpaired) electrons. The normalized spacial score (nSPS) is 14.9. The van der Waals surface area contributed by atoms with Gasteiger partial charge in [-0.05, 0) is 24.3 Å². The van der Waals surface area contributed by atoms with E-state index in [1.165, 1.54) is 0 Å². The summed E-state index contributed by atoms with van der Waals surface area (Å²) < 4.78 is 6.58. The van der Waals surface area contributed by atoms with Crippen molar-refractivity contribution in [3.05, 3.63) is 53.6 Å². The van der Waals surface area contributed by atoms with Gasteiger partial charge in [0.2, 0.25) is 0 Å². The van der Waals surface area contributed by atoms with Crippen molar-refractivity contribution in [2.45, 2.75) is 0 Å². The number of carbonyl (C=O) groups excluding carboxylic acids is 1. The predicted octanol–water partition coefficient (Wildman–Crippen LogP) is 3.27. The molecule has 1 N–H and O–H groups in total. The number of aromatic nitrogens is 1. The van der Waals surface area contributed by atoms with E-state index in [2.05, 4.69) is 21.2 Å². The van der Waals surface area contributed by atoms with Gasteiger partial charge in [-0.15, -0.1) is 0 Å². The molecule has 152 valence electrons. The molecule has 1 aliphatic heterocycles. The molecule has 1 aromatic heterocycles. The van der Waals surface area contributed by atoms with E-state index in [1.54, 1.807) is 11.3 Å². The molecule has 1 saturated heterocycles. The lowest BCUT2D eigenvalue weighted by molar-refractivity contribution is -0.123. The molecular weight excluding hydrogens is 408 g/mol. The average Bonchev–Trinajstić information content (AvgIpc) is 3.19. The molecule has 4 rings (SSSR count). The third-order valence-corrected chi connectivity index (χ3v) is 6.25. The lowest BCUT2D eigenvalue weighted by Crippen LogP contribution is -2.48. The molecule has 2 heterocycles. The van der Waals surface area contributed by atoms with E-state index >= 15 is 0 Å². The Labute approximate surface area is 179 Å². The third-order valence-electron chi connectivity index (χ3n) is 4.86. The van der Waals surface area contributed by atoms with Gasteiger partial charge >= 0.3 is 0 Å². The summed E-state index contributed by atoms with van der Waals surface area (Å²) in [6.07, 6.45) is 0. The molecule has 6 nitrogen and oxygen atoms in total. The Kier molecular flexibility index (Phi) is 6.49. The van der Waals surface area contributed by atoms with Crippen molar-refractivity contribution in [2.75, 3.05) is 50.8 Å². The van der Waals surface area contributed by atoms with Gasteiger partial charge in [-0.25, -0.2) is 4.98 Å². The Morgan fingerprint density at radius 2 is 1.90 bits per heavy atom. The van der Waals surface area contributed by atoms with E-state index in [0.717, 1.165) is 48.1 Å². The molecule has 0 atom stereocenters. The van der Waals surface area contributed by atoms with Crippen LogP contribution in [0, 0.1) is 0 Å². The van der Waals surface area contributed by atoms with Crippen molar-refractivity contribution in [2.24, 2.45) is 0 Å². The van der Waals surface area contributed by atoms with E-state index in [4.69, 9.17) is 21.3 Å². The first kappa shape index (κ1) is 19.9. The van der Waals surface area contributed by atoms with Crippen LogP contribution in [0.2, 0.25) is 5.02 Å². The number of hydrogen-bond acceptors (Lipinski definition) is 6. The van der Waals surface area contributed by atoms with E-state index in [1.807, 2.05) is 42.5 Å². The number of nitrogens with zero attached hydrogens (tertiary/aromatic N) is 3. The maximum Gasteiger partial charge on any atom is 0.257 e. The van der Waals surface area contributed by atoms with Crippen molar-refractivity contribution in [1.82, 2.24) is 15.2 Å². The molecule has 0 unspecified atom stereocenters. The summed E-state index contributed by atoms with van der Waals surface area (Å²) >= 11 is 7.93. The number of rotatable bonds is 7. The molecule has 0 bridgehead atoms. The third kappa shape index (κ3) is 5.18. The van der Waals surface area contributed by atoms with Crippen molar-refractivity contribution >= 4 is 44.2 Å². The number of halogens is 1. The van der Waals surface area contributed by atoms with Crippen LogP contribution in [-0.2, 0) is 4.79 Å². The van der Waals surface area contributed by atoms with Crippen LogP contribution >= 0.6 is 22.9 Å². The van der Waals surface area contributed by atoms with Gasteiger partial charge < -0.3 is 15.0 Å². The van der Waals surface area contributed by atoms with Crippen LogP contribution in [0.25, 0.3) is 10.2 Å². The van der Waals surface area contributed by atoms with Crippen molar-refractivity contribution in [3.8, 4) is 5.75 Å². The van der Waals surface area contributed by atoms with Crippen LogP contribution in [0.4, 0.5) is 5.13 Å². The molecular formula is C21H23ClN4O2S. The van der Waals surface area contributed by atoms with Crippen LogP contribution in [0.3, 0.4) is 0 Å². The summed E-state index contributed by atoms with van der Waals surface area (Å²) in [5, 5.41) is 4.65. The second-order valence-corrected chi connectivity index (χ2v) is 8.28. The minimum Gasteiger partial charge on any atom is -0.484 e. The molecule has 0 spiro atoms. The zero-order chi connectivity index (χ0) is 20.1. The first-order chi connectivity index (χ1) is 14.2. The first-order valence-electron chi connectivity index (χ1n) is 9.66. The van der Waals surface area contributed by atoms with Crippen molar-refractivity contribution in [1.29, 1.82) is 0 Å². The predicted molar refractivity (Wildman–Crippen MR) is 118 cm³/mol. The smallest absolute Gasteiger partial charge is 0.257 e. The molecule has 0 saturated carbocycles. The van der Waals surface area contributed by atoms with E-state index in [9.17, 15) is 4.79 Å². The van der Waals surface area contributed by atoms with Crippen LogP contribution in [0.5, 0.6) is 5.75 Å². The minimum atomic E-state index is -0.0983. The van der Waals surface area contributed by atoms with Gasteiger partial charge in [-0.3, -0.25) is 9.69 Å². The number of nitrogens with one attached hydrogen (secondary N) is 1. The average molecular weight is 431 g/mol. The van der Waals surface area contributed by atoms with Crippen molar-refractivity contribution in [3.63, 3.8) is 0 Å². The van der Waals surface area contributed by atoms with Gasteiger partial charge in [0.15, 0.2) is 11.7 Å². The highest BCUT2D eigenvalue weighted by Gasteiger charge is 2.20. The SMILES string of the molecule is O=C(COc1ccccc1)NCCN1CCN(c2nc3c(Cl)cccc3s2)CC1. The van der Waals surface area contributed by atoms with Crippen LogP contribution < -0.4 is 15.0 Å². The maximum atomic E-state index is 11.9. The Balaban J connectivity index is 1.18. The minimum absolute atomic E-state index is 0.0396. The largest absolute Gasteiger partial charge is 0.484 e. The first-order valence-corrected chi connectivity index (χ1v) is 10.9. The molecule has 1 amide bonds. The van der Waals surface area contributed by atoms with Gasteiger partial charge in [0.25, 0.3) is 5.91 Å². The number of piperazine rings is 1. The van der Waals surface area contributed by atoms with Crippen LogP contribution in [0.15, 0.2) is 48.5 Å².